The van der Waals surface area contributed by atoms with Gasteiger partial charge < -0.3 is 10.7 Å². The number of aromatic amines is 1. The lowest BCUT2D eigenvalue weighted by molar-refractivity contribution is 0.270. The minimum atomic E-state index is -3.48. The zero-order chi connectivity index (χ0) is 13.6. The molecule has 1 aliphatic rings. The monoisotopic (exact) mass is 279 g/mol. The van der Waals surface area contributed by atoms with E-state index >= 15 is 0 Å². The molecule has 0 spiro atoms. The van der Waals surface area contributed by atoms with E-state index in [1.165, 1.54) is 6.20 Å². The molecular weight excluding hydrogens is 262 g/mol. The van der Waals surface area contributed by atoms with E-state index < -0.39 is 10.0 Å². The number of aromatic nitrogens is 1. The minimum Gasteiger partial charge on any atom is -0.399 e. The Morgan fingerprint density at radius 2 is 2.11 bits per heavy atom. The Morgan fingerprint density at radius 1 is 1.37 bits per heavy atom. The molecule has 0 saturated heterocycles. The minimum absolute atomic E-state index is 0.0611. The average Bonchev–Trinajstić information content (AvgIpc) is 2.70. The predicted molar refractivity (Wildman–Crippen MR) is 75.2 cm³/mol. The number of nitrogens with two attached hydrogens (primary N) is 1. The largest absolute Gasteiger partial charge is 0.399 e. The summed E-state index contributed by atoms with van der Waals surface area (Å²) in [6.45, 7) is 2.12. The van der Waals surface area contributed by atoms with E-state index in [0.29, 0.717) is 17.0 Å². The molecular formula is C13H17N3O2S. The molecule has 0 amide bonds. The van der Waals surface area contributed by atoms with Crippen molar-refractivity contribution in [3.63, 3.8) is 0 Å². The first kappa shape index (κ1) is 12.5. The Balaban J connectivity index is 1.96. The van der Waals surface area contributed by atoms with Crippen molar-refractivity contribution in [2.24, 2.45) is 5.92 Å². The quantitative estimate of drug-likeness (QED) is 0.749. The summed E-state index contributed by atoms with van der Waals surface area (Å²) in [6, 6.07) is 5.28. The molecule has 1 fully saturated rings. The van der Waals surface area contributed by atoms with Gasteiger partial charge >= 0.3 is 0 Å². The number of nitrogen functional groups attached to an aromatic ring is 1. The summed E-state index contributed by atoms with van der Waals surface area (Å²) < 4.78 is 27.5. The predicted octanol–water partition coefficient (Wildman–Crippen LogP) is 1.83. The third-order valence-electron chi connectivity index (χ3n) is 3.65. The summed E-state index contributed by atoms with van der Waals surface area (Å²) in [5.74, 6) is 0.603. The summed E-state index contributed by atoms with van der Waals surface area (Å²) in [4.78, 5) is 3.24. The van der Waals surface area contributed by atoms with Crippen LogP contribution in [0.4, 0.5) is 5.69 Å². The van der Waals surface area contributed by atoms with Crippen molar-refractivity contribution in [2.75, 3.05) is 5.73 Å². The van der Waals surface area contributed by atoms with Crippen molar-refractivity contribution in [2.45, 2.75) is 30.7 Å². The molecule has 1 aromatic carbocycles. The van der Waals surface area contributed by atoms with E-state index in [1.807, 2.05) is 0 Å². The first-order chi connectivity index (χ1) is 8.95. The fourth-order valence-electron chi connectivity index (χ4n) is 2.62. The van der Waals surface area contributed by atoms with Gasteiger partial charge in [-0.15, -0.1) is 0 Å². The van der Waals surface area contributed by atoms with Crippen molar-refractivity contribution < 1.29 is 8.42 Å². The van der Waals surface area contributed by atoms with Gasteiger partial charge in [0, 0.05) is 28.8 Å². The molecule has 102 valence electrons. The summed E-state index contributed by atoms with van der Waals surface area (Å²) >= 11 is 0. The Kier molecular flexibility index (Phi) is 2.79. The van der Waals surface area contributed by atoms with Gasteiger partial charge in [-0.2, -0.15) is 0 Å². The number of benzene rings is 1. The van der Waals surface area contributed by atoms with E-state index in [0.717, 1.165) is 18.4 Å². The normalized spacial score (nSPS) is 23.4. The van der Waals surface area contributed by atoms with Gasteiger partial charge in [0.05, 0.1) is 0 Å². The fourth-order valence-corrected chi connectivity index (χ4v) is 4.05. The molecule has 0 bridgehead atoms. The van der Waals surface area contributed by atoms with Gasteiger partial charge in [0.1, 0.15) is 4.90 Å². The third kappa shape index (κ3) is 2.21. The molecule has 3 rings (SSSR count). The van der Waals surface area contributed by atoms with Gasteiger partial charge in [-0.25, -0.2) is 13.1 Å². The third-order valence-corrected chi connectivity index (χ3v) is 5.21. The Morgan fingerprint density at radius 3 is 2.79 bits per heavy atom. The maximum atomic E-state index is 12.4. The van der Waals surface area contributed by atoms with Crippen LogP contribution in [0.5, 0.6) is 0 Å². The standard InChI is InChI=1S/C13H17N3O2S/c1-8-4-10(5-8)16-19(17,18)13-7-15-12-3-2-9(14)6-11(12)13/h2-3,6-8,10,15-16H,4-5,14H2,1H3. The topological polar surface area (TPSA) is 88.0 Å². The first-order valence-electron chi connectivity index (χ1n) is 6.34. The Labute approximate surface area is 112 Å². The Bertz CT molecular complexity index is 715. The number of hydrogen-bond acceptors (Lipinski definition) is 3. The zero-order valence-electron chi connectivity index (χ0n) is 10.7. The van der Waals surface area contributed by atoms with Gasteiger partial charge in [0.25, 0.3) is 0 Å². The van der Waals surface area contributed by atoms with Crippen molar-refractivity contribution in [3.8, 4) is 0 Å². The molecule has 0 aliphatic heterocycles. The van der Waals surface area contributed by atoms with Crippen LogP contribution in [-0.4, -0.2) is 19.4 Å². The van der Waals surface area contributed by atoms with Crippen LogP contribution in [-0.2, 0) is 10.0 Å². The number of sulfonamides is 1. The number of hydrogen-bond donors (Lipinski definition) is 3. The summed E-state index contributed by atoms with van der Waals surface area (Å²) in [5.41, 5.74) is 7.05. The second-order valence-electron chi connectivity index (χ2n) is 5.35. The van der Waals surface area contributed by atoms with Gasteiger partial charge in [0.15, 0.2) is 0 Å². The number of anilines is 1. The molecule has 1 aromatic heterocycles. The fraction of sp³-hybridized carbons (Fsp3) is 0.385. The molecule has 0 atom stereocenters. The molecule has 1 saturated carbocycles. The second-order valence-corrected chi connectivity index (χ2v) is 7.04. The van der Waals surface area contributed by atoms with Crippen LogP contribution < -0.4 is 10.5 Å². The van der Waals surface area contributed by atoms with E-state index in [9.17, 15) is 8.42 Å². The number of nitrogens with one attached hydrogen (secondary N) is 2. The maximum Gasteiger partial charge on any atom is 0.242 e. The number of fused-ring (bicyclic) bond motifs is 1. The molecule has 0 unspecified atom stereocenters. The zero-order valence-corrected chi connectivity index (χ0v) is 11.5. The highest BCUT2D eigenvalue weighted by atomic mass is 32.2. The highest BCUT2D eigenvalue weighted by Gasteiger charge is 2.30. The van der Waals surface area contributed by atoms with Gasteiger partial charge in [0.2, 0.25) is 10.0 Å². The van der Waals surface area contributed by atoms with Crippen LogP contribution in [0.1, 0.15) is 19.8 Å². The van der Waals surface area contributed by atoms with E-state index in [2.05, 4.69) is 16.6 Å². The van der Waals surface area contributed by atoms with Crippen molar-refractivity contribution in [1.82, 2.24) is 9.71 Å². The van der Waals surface area contributed by atoms with Crippen LogP contribution in [0.25, 0.3) is 10.9 Å². The average molecular weight is 279 g/mol. The molecule has 5 nitrogen and oxygen atoms in total. The SMILES string of the molecule is CC1CC(NS(=O)(=O)c2c[nH]c3ccc(N)cc23)C1. The lowest BCUT2D eigenvalue weighted by Crippen LogP contribution is -2.43. The van der Waals surface area contributed by atoms with Crippen LogP contribution in [0.15, 0.2) is 29.3 Å². The summed E-state index contributed by atoms with van der Waals surface area (Å²) in [7, 11) is -3.48. The van der Waals surface area contributed by atoms with Crippen molar-refractivity contribution in [1.29, 1.82) is 0 Å². The van der Waals surface area contributed by atoms with Crippen molar-refractivity contribution in [3.05, 3.63) is 24.4 Å². The molecule has 6 heteroatoms. The molecule has 19 heavy (non-hydrogen) atoms. The first-order valence-corrected chi connectivity index (χ1v) is 7.83. The highest BCUT2D eigenvalue weighted by molar-refractivity contribution is 7.89. The van der Waals surface area contributed by atoms with Gasteiger partial charge in [-0.3, -0.25) is 0 Å². The Hall–Kier alpha value is -1.53. The number of H-pyrrole nitrogens is 1. The highest BCUT2D eigenvalue weighted by Crippen LogP contribution is 2.30. The van der Waals surface area contributed by atoms with Gasteiger partial charge in [-0.05, 0) is 37.0 Å². The molecule has 2 aromatic rings. The molecule has 1 heterocycles. The van der Waals surface area contributed by atoms with E-state index in [-0.39, 0.29) is 10.9 Å². The van der Waals surface area contributed by atoms with Crippen LogP contribution in [0.2, 0.25) is 0 Å². The molecule has 0 radical (unpaired) electrons. The maximum absolute atomic E-state index is 12.4. The van der Waals surface area contributed by atoms with Gasteiger partial charge in [-0.1, -0.05) is 6.92 Å². The lowest BCUT2D eigenvalue weighted by atomic mass is 9.83. The number of rotatable bonds is 3. The molecule has 1 aliphatic carbocycles. The van der Waals surface area contributed by atoms with Crippen LogP contribution >= 0.6 is 0 Å². The van der Waals surface area contributed by atoms with Crippen LogP contribution in [0, 0.1) is 5.92 Å². The lowest BCUT2D eigenvalue weighted by Gasteiger charge is -2.32. The van der Waals surface area contributed by atoms with Crippen LogP contribution in [0.3, 0.4) is 0 Å². The van der Waals surface area contributed by atoms with E-state index in [1.54, 1.807) is 18.2 Å². The smallest absolute Gasteiger partial charge is 0.242 e. The molecule has 4 N–H and O–H groups in total. The van der Waals surface area contributed by atoms with E-state index in [4.69, 9.17) is 5.73 Å². The summed E-state index contributed by atoms with van der Waals surface area (Å²) in [6.07, 6.45) is 3.34. The second kappa shape index (κ2) is 4.25. The van der Waals surface area contributed by atoms with Crippen molar-refractivity contribution >= 4 is 26.6 Å². The summed E-state index contributed by atoms with van der Waals surface area (Å²) in [5, 5.41) is 0.639.